The third-order valence-corrected chi connectivity index (χ3v) is 7.16. The van der Waals surface area contributed by atoms with E-state index in [1.165, 1.54) is 13.1 Å². The van der Waals surface area contributed by atoms with Gasteiger partial charge in [-0.25, -0.2) is 13.1 Å². The summed E-state index contributed by atoms with van der Waals surface area (Å²) in [7, 11) is -0.350. The van der Waals surface area contributed by atoms with Gasteiger partial charge in [0.2, 0.25) is 10.0 Å². The molecule has 0 aliphatic carbocycles. The van der Waals surface area contributed by atoms with Crippen LogP contribution in [-0.2, 0) is 10.0 Å². The summed E-state index contributed by atoms with van der Waals surface area (Å²) in [5.41, 5.74) is 1.43. The minimum atomic E-state index is -3.76. The zero-order valence-electron chi connectivity index (χ0n) is 19.2. The molecule has 0 aromatic heterocycles. The maximum absolute atomic E-state index is 12.9. The van der Waals surface area contributed by atoms with Gasteiger partial charge in [-0.1, -0.05) is 18.2 Å². The van der Waals surface area contributed by atoms with E-state index in [4.69, 9.17) is 4.74 Å². The highest BCUT2D eigenvalue weighted by molar-refractivity contribution is 7.89. The van der Waals surface area contributed by atoms with Gasteiger partial charge in [-0.2, -0.15) is 0 Å². The minimum absolute atomic E-state index is 0.0961. The molecule has 8 nitrogen and oxygen atoms in total. The first-order valence-corrected chi connectivity index (χ1v) is 12.5. The van der Waals surface area contributed by atoms with Crippen LogP contribution in [0.15, 0.2) is 77.7 Å². The number of piperazine rings is 1. The van der Waals surface area contributed by atoms with Crippen molar-refractivity contribution in [1.82, 2.24) is 9.62 Å². The lowest BCUT2D eigenvalue weighted by atomic mass is 10.1. The SMILES string of the molecule is CNS(=O)(=O)c1cc(C(=O)Nc2ccc(Oc3ccccc3)cc2)ccc1N1CCN(C)CC1. The van der Waals surface area contributed by atoms with Gasteiger partial charge in [-0.05, 0) is 68.7 Å². The number of benzene rings is 3. The summed E-state index contributed by atoms with van der Waals surface area (Å²) < 4.78 is 33.7. The first kappa shape index (κ1) is 23.7. The maximum Gasteiger partial charge on any atom is 0.255 e. The normalized spacial score (nSPS) is 14.6. The van der Waals surface area contributed by atoms with Crippen LogP contribution in [-0.4, -0.2) is 59.5 Å². The largest absolute Gasteiger partial charge is 0.457 e. The summed E-state index contributed by atoms with van der Waals surface area (Å²) in [6.45, 7) is 3.11. The molecular formula is C25H28N4O4S. The lowest BCUT2D eigenvalue weighted by Gasteiger charge is -2.35. The van der Waals surface area contributed by atoms with Gasteiger partial charge in [0, 0.05) is 37.4 Å². The molecule has 0 unspecified atom stereocenters. The van der Waals surface area contributed by atoms with Gasteiger partial charge in [0.05, 0.1) is 5.69 Å². The highest BCUT2D eigenvalue weighted by Gasteiger charge is 2.24. The van der Waals surface area contributed by atoms with Crippen LogP contribution in [0.5, 0.6) is 11.5 Å². The van der Waals surface area contributed by atoms with Crippen molar-refractivity contribution in [3.8, 4) is 11.5 Å². The number of hydrogen-bond acceptors (Lipinski definition) is 6. The van der Waals surface area contributed by atoms with Crippen molar-refractivity contribution in [2.45, 2.75) is 4.90 Å². The van der Waals surface area contributed by atoms with Crippen LogP contribution in [0, 0.1) is 0 Å². The number of rotatable bonds is 7. The molecule has 178 valence electrons. The van der Waals surface area contributed by atoms with Gasteiger partial charge in [0.1, 0.15) is 16.4 Å². The summed E-state index contributed by atoms with van der Waals surface area (Å²) in [5, 5.41) is 2.82. The van der Waals surface area contributed by atoms with Crippen molar-refractivity contribution >= 4 is 27.3 Å². The van der Waals surface area contributed by atoms with Crippen molar-refractivity contribution in [1.29, 1.82) is 0 Å². The minimum Gasteiger partial charge on any atom is -0.457 e. The monoisotopic (exact) mass is 480 g/mol. The van der Waals surface area contributed by atoms with Gasteiger partial charge >= 0.3 is 0 Å². The predicted octanol–water partition coefficient (Wildman–Crippen LogP) is 3.39. The van der Waals surface area contributed by atoms with Crippen molar-refractivity contribution in [3.63, 3.8) is 0 Å². The van der Waals surface area contributed by atoms with E-state index in [0.29, 0.717) is 30.2 Å². The molecule has 1 amide bonds. The number of carbonyl (C=O) groups is 1. The first-order valence-electron chi connectivity index (χ1n) is 11.0. The third-order valence-electron chi connectivity index (χ3n) is 5.72. The van der Waals surface area contributed by atoms with Crippen LogP contribution in [0.25, 0.3) is 0 Å². The van der Waals surface area contributed by atoms with E-state index in [0.717, 1.165) is 18.8 Å². The molecule has 0 radical (unpaired) electrons. The summed E-state index contributed by atoms with van der Waals surface area (Å²) in [6, 6.07) is 21.2. The van der Waals surface area contributed by atoms with E-state index >= 15 is 0 Å². The molecule has 1 fully saturated rings. The Morgan fingerprint density at radius 2 is 1.53 bits per heavy atom. The van der Waals surface area contributed by atoms with Crippen LogP contribution in [0.1, 0.15) is 10.4 Å². The Morgan fingerprint density at radius 1 is 0.882 bits per heavy atom. The van der Waals surface area contributed by atoms with Crippen molar-refractivity contribution < 1.29 is 17.9 Å². The molecule has 9 heteroatoms. The zero-order chi connectivity index (χ0) is 24.1. The summed E-state index contributed by atoms with van der Waals surface area (Å²) in [5.74, 6) is 0.968. The van der Waals surface area contributed by atoms with E-state index in [1.54, 1.807) is 36.4 Å². The maximum atomic E-state index is 12.9. The van der Waals surface area contributed by atoms with Crippen LogP contribution >= 0.6 is 0 Å². The standard InChI is InChI=1S/C25H28N4O4S/c1-26-34(31,32)24-18-19(8-13-23(24)29-16-14-28(2)15-17-29)25(30)27-20-9-11-22(12-10-20)33-21-6-4-3-5-7-21/h3-13,18,26H,14-17H2,1-2H3,(H,27,30). The Hall–Kier alpha value is -3.40. The molecule has 3 aromatic rings. The Morgan fingerprint density at radius 3 is 2.18 bits per heavy atom. The predicted molar refractivity (Wildman–Crippen MR) is 133 cm³/mol. The summed E-state index contributed by atoms with van der Waals surface area (Å²) >= 11 is 0. The third kappa shape index (κ3) is 5.56. The van der Waals surface area contributed by atoms with Crippen molar-refractivity contribution in [2.24, 2.45) is 0 Å². The fraction of sp³-hybridized carbons (Fsp3) is 0.240. The fourth-order valence-corrected chi connectivity index (χ4v) is 4.70. The topological polar surface area (TPSA) is 91.0 Å². The van der Waals surface area contributed by atoms with Crippen LogP contribution in [0.2, 0.25) is 0 Å². The van der Waals surface area contributed by atoms with Crippen LogP contribution < -0.4 is 19.7 Å². The average Bonchev–Trinajstić information content (AvgIpc) is 2.86. The molecule has 1 aliphatic heterocycles. The molecule has 4 rings (SSSR count). The molecule has 0 spiro atoms. The number of sulfonamides is 1. The number of likely N-dealkylation sites (N-methyl/N-ethyl adjacent to an activating group) is 1. The molecule has 1 saturated heterocycles. The number of hydrogen-bond donors (Lipinski definition) is 2. The molecule has 0 saturated carbocycles. The van der Waals surface area contributed by atoms with Gasteiger partial charge in [-0.15, -0.1) is 0 Å². The summed E-state index contributed by atoms with van der Waals surface area (Å²) in [4.78, 5) is 17.2. The number of amides is 1. The molecule has 34 heavy (non-hydrogen) atoms. The molecule has 1 aliphatic rings. The summed E-state index contributed by atoms with van der Waals surface area (Å²) in [6.07, 6.45) is 0. The van der Waals surface area contributed by atoms with Gasteiger partial charge in [0.25, 0.3) is 5.91 Å². The average molecular weight is 481 g/mol. The van der Waals surface area contributed by atoms with E-state index in [1.807, 2.05) is 42.3 Å². The molecule has 0 atom stereocenters. The van der Waals surface area contributed by atoms with Crippen molar-refractivity contribution in [3.05, 3.63) is 78.4 Å². The number of nitrogens with one attached hydrogen (secondary N) is 2. The smallest absolute Gasteiger partial charge is 0.255 e. The van der Waals surface area contributed by atoms with E-state index in [2.05, 4.69) is 14.9 Å². The quantitative estimate of drug-likeness (QED) is 0.539. The lowest BCUT2D eigenvalue weighted by Crippen LogP contribution is -2.45. The fourth-order valence-electron chi connectivity index (χ4n) is 3.72. The number of carbonyl (C=O) groups excluding carboxylic acids is 1. The van der Waals surface area contributed by atoms with Crippen LogP contribution in [0.4, 0.5) is 11.4 Å². The Balaban J connectivity index is 1.52. The van der Waals surface area contributed by atoms with Gasteiger partial charge < -0.3 is 19.9 Å². The molecular weight excluding hydrogens is 452 g/mol. The van der Waals surface area contributed by atoms with Gasteiger partial charge in [0.15, 0.2) is 0 Å². The molecule has 1 heterocycles. The number of anilines is 2. The number of para-hydroxylation sites is 1. The van der Waals surface area contributed by atoms with Crippen LogP contribution in [0.3, 0.4) is 0 Å². The Kier molecular flexibility index (Phi) is 7.16. The second-order valence-electron chi connectivity index (χ2n) is 8.07. The highest BCUT2D eigenvalue weighted by atomic mass is 32.2. The van der Waals surface area contributed by atoms with E-state index in [9.17, 15) is 13.2 Å². The van der Waals surface area contributed by atoms with E-state index in [-0.39, 0.29) is 10.5 Å². The van der Waals surface area contributed by atoms with Gasteiger partial charge in [-0.3, -0.25) is 4.79 Å². The number of nitrogens with zero attached hydrogens (tertiary/aromatic N) is 2. The van der Waals surface area contributed by atoms with E-state index < -0.39 is 15.9 Å². The Labute approximate surface area is 200 Å². The first-order chi connectivity index (χ1) is 16.4. The molecule has 2 N–H and O–H groups in total. The second kappa shape index (κ2) is 10.3. The molecule has 3 aromatic carbocycles. The zero-order valence-corrected chi connectivity index (χ0v) is 20.0. The lowest BCUT2D eigenvalue weighted by molar-refractivity contribution is 0.102. The van der Waals surface area contributed by atoms with Crippen molar-refractivity contribution in [2.75, 3.05) is 50.5 Å². The Bertz CT molecular complexity index is 1240. The highest BCUT2D eigenvalue weighted by Crippen LogP contribution is 2.28. The second-order valence-corrected chi connectivity index (χ2v) is 9.93. The molecule has 0 bridgehead atoms. The number of ether oxygens (including phenoxy) is 1.